The van der Waals surface area contributed by atoms with Gasteiger partial charge in [-0.05, 0) is 42.7 Å². The minimum Gasteiger partial charge on any atom is -0.497 e. The molecule has 3 aromatic rings. The molecule has 33 heavy (non-hydrogen) atoms. The van der Waals surface area contributed by atoms with Crippen molar-refractivity contribution in [1.82, 2.24) is 14.8 Å². The highest BCUT2D eigenvalue weighted by molar-refractivity contribution is 6.03. The van der Waals surface area contributed by atoms with Crippen LogP contribution in [0, 0.1) is 25.2 Å². The van der Waals surface area contributed by atoms with Crippen LogP contribution in [0.15, 0.2) is 64.5 Å². The van der Waals surface area contributed by atoms with Crippen molar-refractivity contribution < 1.29 is 9.53 Å². The molecule has 0 aliphatic carbocycles. The predicted molar refractivity (Wildman–Crippen MR) is 123 cm³/mol. The first kappa shape index (κ1) is 22.0. The molecule has 8 nitrogen and oxygen atoms in total. The molecule has 4 rings (SSSR count). The van der Waals surface area contributed by atoms with E-state index in [2.05, 4.69) is 10.2 Å². The molecule has 2 aromatic carbocycles. The monoisotopic (exact) mass is 441 g/mol. The largest absolute Gasteiger partial charge is 0.497 e. The first-order chi connectivity index (χ1) is 15.9. The Bertz CT molecular complexity index is 1320. The minimum absolute atomic E-state index is 0.00287. The normalized spacial score (nSPS) is 15.2. The highest BCUT2D eigenvalue weighted by Gasteiger charge is 2.33. The fourth-order valence-electron chi connectivity index (χ4n) is 3.84. The summed E-state index contributed by atoms with van der Waals surface area (Å²) in [5.41, 5.74) is 3.08. The number of ether oxygens (including phenoxy) is 1. The fraction of sp³-hybridized carbons (Fsp3) is 0.240. The molecule has 0 fully saturated rings. The number of hydrazone groups is 1. The number of carbonyl (C=O) groups excluding carboxylic acids is 1. The third kappa shape index (κ3) is 4.26. The lowest BCUT2D eigenvalue weighted by atomic mass is 9.98. The van der Waals surface area contributed by atoms with E-state index in [1.54, 1.807) is 21.0 Å². The van der Waals surface area contributed by atoms with Crippen molar-refractivity contribution in [2.45, 2.75) is 32.9 Å². The van der Waals surface area contributed by atoms with Crippen LogP contribution in [0.25, 0.3) is 0 Å². The molecular weight excluding hydrogens is 418 g/mol. The van der Waals surface area contributed by atoms with Gasteiger partial charge in [0, 0.05) is 6.42 Å². The van der Waals surface area contributed by atoms with Crippen LogP contribution >= 0.6 is 0 Å². The van der Waals surface area contributed by atoms with Crippen LogP contribution in [0.1, 0.15) is 40.4 Å². The Hall–Kier alpha value is -4.25. The number of hydrogen-bond acceptors (Lipinski definition) is 6. The van der Waals surface area contributed by atoms with E-state index in [0.29, 0.717) is 23.4 Å². The van der Waals surface area contributed by atoms with E-state index < -0.39 is 5.56 Å². The van der Waals surface area contributed by atoms with E-state index in [-0.39, 0.29) is 24.1 Å². The molecule has 166 valence electrons. The fourth-order valence-corrected chi connectivity index (χ4v) is 3.84. The van der Waals surface area contributed by atoms with Crippen molar-refractivity contribution in [3.63, 3.8) is 0 Å². The average Bonchev–Trinajstić information content (AvgIpc) is 3.29. The van der Waals surface area contributed by atoms with Gasteiger partial charge < -0.3 is 4.74 Å². The predicted octanol–water partition coefficient (Wildman–Crippen LogP) is 3.12. The topological polar surface area (TPSA) is 101 Å². The molecule has 0 saturated carbocycles. The number of nitrogens with zero attached hydrogens (tertiary/aromatic N) is 5. The molecule has 0 spiro atoms. The average molecular weight is 441 g/mol. The summed E-state index contributed by atoms with van der Waals surface area (Å²) < 4.78 is 6.30. The van der Waals surface area contributed by atoms with E-state index in [9.17, 15) is 14.9 Å². The first-order valence-electron chi connectivity index (χ1n) is 10.5. The molecule has 8 heteroatoms. The van der Waals surface area contributed by atoms with Crippen LogP contribution in [0.2, 0.25) is 0 Å². The molecule has 1 aliphatic heterocycles. The summed E-state index contributed by atoms with van der Waals surface area (Å²) in [5, 5.41) is 19.6. The standard InChI is InChI=1S/C25H23N5O3/c1-16-17(2)27-29(25(32)21(16)14-26)15-24(31)30-23(19-9-11-20(33-3)12-10-19)13-22(28-30)18-7-5-4-6-8-18/h4-12,23H,13,15H2,1-3H3/t23-/m0/s1. The lowest BCUT2D eigenvalue weighted by Crippen LogP contribution is -2.36. The number of methoxy groups -OCH3 is 1. The Labute approximate surface area is 191 Å². The smallest absolute Gasteiger partial charge is 0.285 e. The van der Waals surface area contributed by atoms with Crippen molar-refractivity contribution in [2.24, 2.45) is 5.10 Å². The Kier molecular flexibility index (Phi) is 6.05. The van der Waals surface area contributed by atoms with Gasteiger partial charge >= 0.3 is 0 Å². The lowest BCUT2D eigenvalue weighted by molar-refractivity contribution is -0.133. The van der Waals surface area contributed by atoms with Crippen molar-refractivity contribution in [2.75, 3.05) is 7.11 Å². The molecule has 1 amide bonds. The molecular formula is C25H23N5O3. The molecule has 0 radical (unpaired) electrons. The highest BCUT2D eigenvalue weighted by Crippen LogP contribution is 2.33. The van der Waals surface area contributed by atoms with Gasteiger partial charge in [-0.2, -0.15) is 15.5 Å². The lowest BCUT2D eigenvalue weighted by Gasteiger charge is -2.22. The zero-order valence-corrected chi connectivity index (χ0v) is 18.6. The molecule has 1 atom stereocenters. The summed E-state index contributed by atoms with van der Waals surface area (Å²) in [4.78, 5) is 26.0. The van der Waals surface area contributed by atoms with Crippen LogP contribution in [-0.2, 0) is 11.3 Å². The Morgan fingerprint density at radius 3 is 2.48 bits per heavy atom. The maximum absolute atomic E-state index is 13.4. The quantitative estimate of drug-likeness (QED) is 0.606. The van der Waals surface area contributed by atoms with Gasteiger partial charge in [-0.25, -0.2) is 9.69 Å². The zero-order chi connectivity index (χ0) is 23.5. The minimum atomic E-state index is -0.582. The third-order valence-electron chi connectivity index (χ3n) is 5.81. The van der Waals surface area contributed by atoms with Crippen molar-refractivity contribution in [3.8, 4) is 11.8 Å². The summed E-state index contributed by atoms with van der Waals surface area (Å²) in [6.07, 6.45) is 0.529. The van der Waals surface area contributed by atoms with Gasteiger partial charge in [0.15, 0.2) is 0 Å². The Morgan fingerprint density at radius 2 is 1.85 bits per heavy atom. The van der Waals surface area contributed by atoms with E-state index in [1.807, 2.05) is 60.7 Å². The maximum atomic E-state index is 13.4. The maximum Gasteiger partial charge on any atom is 0.285 e. The van der Waals surface area contributed by atoms with Gasteiger partial charge in [0.1, 0.15) is 23.9 Å². The number of nitriles is 1. The number of amides is 1. The van der Waals surface area contributed by atoms with Gasteiger partial charge in [-0.1, -0.05) is 42.5 Å². The first-order valence-corrected chi connectivity index (χ1v) is 10.5. The molecule has 2 heterocycles. The molecule has 0 saturated heterocycles. The van der Waals surface area contributed by atoms with Crippen LogP contribution in [0.3, 0.4) is 0 Å². The SMILES string of the molecule is COc1ccc([C@@H]2CC(c3ccccc3)=NN2C(=O)Cn2nc(C)c(C)c(C#N)c2=O)cc1. The van der Waals surface area contributed by atoms with Crippen LogP contribution in [0.5, 0.6) is 5.75 Å². The second-order valence-electron chi connectivity index (χ2n) is 7.80. The van der Waals surface area contributed by atoms with Crippen molar-refractivity contribution in [3.05, 3.63) is 92.9 Å². The second kappa shape index (κ2) is 9.09. The number of aromatic nitrogens is 2. The Balaban J connectivity index is 1.70. The summed E-state index contributed by atoms with van der Waals surface area (Å²) in [6, 6.07) is 18.7. The number of rotatable bonds is 5. The second-order valence-corrected chi connectivity index (χ2v) is 7.80. The van der Waals surface area contributed by atoms with Gasteiger partial charge in [-0.3, -0.25) is 9.59 Å². The summed E-state index contributed by atoms with van der Waals surface area (Å²) in [7, 11) is 1.60. The molecule has 0 unspecified atom stereocenters. The number of carbonyl (C=O) groups is 1. The molecule has 0 bridgehead atoms. The summed E-state index contributed by atoms with van der Waals surface area (Å²) in [5.74, 6) is 0.331. The molecule has 0 N–H and O–H groups in total. The Morgan fingerprint density at radius 1 is 1.15 bits per heavy atom. The molecule has 1 aliphatic rings. The zero-order valence-electron chi connectivity index (χ0n) is 18.6. The van der Waals surface area contributed by atoms with E-state index in [0.717, 1.165) is 21.5 Å². The molecule has 1 aromatic heterocycles. The van der Waals surface area contributed by atoms with Gasteiger partial charge in [0.2, 0.25) is 0 Å². The third-order valence-corrected chi connectivity index (χ3v) is 5.81. The number of hydrogen-bond donors (Lipinski definition) is 0. The van der Waals surface area contributed by atoms with Gasteiger partial charge in [-0.15, -0.1) is 0 Å². The van der Waals surface area contributed by atoms with E-state index in [1.165, 1.54) is 5.01 Å². The van der Waals surface area contributed by atoms with E-state index >= 15 is 0 Å². The van der Waals surface area contributed by atoms with Crippen LogP contribution in [-0.4, -0.2) is 33.5 Å². The number of benzene rings is 2. The van der Waals surface area contributed by atoms with Gasteiger partial charge in [0.25, 0.3) is 11.5 Å². The van der Waals surface area contributed by atoms with Crippen molar-refractivity contribution >= 4 is 11.6 Å². The summed E-state index contributed by atoms with van der Waals surface area (Å²) >= 11 is 0. The van der Waals surface area contributed by atoms with E-state index in [4.69, 9.17) is 4.74 Å². The highest BCUT2D eigenvalue weighted by atomic mass is 16.5. The van der Waals surface area contributed by atoms with Crippen LogP contribution in [0.4, 0.5) is 0 Å². The van der Waals surface area contributed by atoms with Gasteiger partial charge in [0.05, 0.1) is 24.6 Å². The number of aryl methyl sites for hydroxylation is 1. The van der Waals surface area contributed by atoms with Crippen LogP contribution < -0.4 is 10.3 Å². The van der Waals surface area contributed by atoms with Crippen molar-refractivity contribution in [1.29, 1.82) is 5.26 Å². The summed E-state index contributed by atoms with van der Waals surface area (Å²) in [6.45, 7) is 3.07.